The first-order chi connectivity index (χ1) is 8.42. The molecule has 7 nitrogen and oxygen atoms in total. The van der Waals surface area contributed by atoms with Crippen LogP contribution in [0.15, 0.2) is 5.16 Å². The lowest BCUT2D eigenvalue weighted by molar-refractivity contribution is 0.137. The minimum atomic E-state index is -3.04. The summed E-state index contributed by atoms with van der Waals surface area (Å²) in [7, 11) is -3.04. The van der Waals surface area contributed by atoms with Gasteiger partial charge in [-0.3, -0.25) is 4.84 Å². The van der Waals surface area contributed by atoms with Gasteiger partial charge in [-0.1, -0.05) is 16.9 Å². The number of thioether (sulfide) groups is 1. The van der Waals surface area contributed by atoms with Crippen LogP contribution in [0.1, 0.15) is 13.3 Å². The molecule has 0 aromatic rings. The third-order valence-corrected chi connectivity index (χ3v) is 3.91. The van der Waals surface area contributed by atoms with Gasteiger partial charge in [0, 0.05) is 12.8 Å². The third kappa shape index (κ3) is 5.69. The maximum Gasteiger partial charge on any atom is 0.433 e. The van der Waals surface area contributed by atoms with E-state index in [0.717, 1.165) is 6.26 Å². The first-order valence-corrected chi connectivity index (χ1v) is 8.42. The number of amides is 1. The van der Waals surface area contributed by atoms with E-state index in [1.54, 1.807) is 6.92 Å². The van der Waals surface area contributed by atoms with Gasteiger partial charge in [0.05, 0.1) is 11.7 Å². The summed E-state index contributed by atoms with van der Waals surface area (Å²) in [6, 6.07) is 0. The van der Waals surface area contributed by atoms with Crippen molar-refractivity contribution < 1.29 is 22.8 Å². The molecule has 18 heavy (non-hydrogen) atoms. The van der Waals surface area contributed by atoms with Crippen molar-refractivity contribution in [1.82, 2.24) is 5.32 Å². The Labute approximate surface area is 110 Å². The highest BCUT2D eigenvalue weighted by molar-refractivity contribution is 8.14. The molecule has 1 saturated heterocycles. The standard InChI is InChI=1S/C9H16N2O5S2/c1-3-10-9(12)16-11-8-7(15-6-17-8)4-5-18(2,13)14/h7H,3-6H2,1-2H3,(H,10,12). The molecule has 0 bridgehead atoms. The second-order valence-electron chi connectivity index (χ2n) is 3.67. The Bertz CT molecular complexity index is 421. The Kier molecular flexibility index (Phi) is 5.89. The zero-order valence-electron chi connectivity index (χ0n) is 10.2. The van der Waals surface area contributed by atoms with Crippen LogP contribution in [0.5, 0.6) is 0 Å². The fraction of sp³-hybridized carbons (Fsp3) is 0.778. The maximum atomic E-state index is 11.0. The van der Waals surface area contributed by atoms with Gasteiger partial charge in [0.2, 0.25) is 0 Å². The van der Waals surface area contributed by atoms with Gasteiger partial charge in [-0.15, -0.1) is 0 Å². The smallest absolute Gasteiger partial charge is 0.360 e. The predicted molar refractivity (Wildman–Crippen MR) is 69.3 cm³/mol. The zero-order chi connectivity index (χ0) is 13.6. The molecule has 0 aromatic heterocycles. The molecule has 9 heteroatoms. The molecule has 0 aliphatic carbocycles. The predicted octanol–water partition coefficient (Wildman–Crippen LogP) is 0.570. The van der Waals surface area contributed by atoms with E-state index in [4.69, 9.17) is 4.74 Å². The number of nitrogens with one attached hydrogen (secondary N) is 1. The van der Waals surface area contributed by atoms with Crippen LogP contribution < -0.4 is 5.32 Å². The molecule has 1 aliphatic rings. The van der Waals surface area contributed by atoms with Gasteiger partial charge in [0.25, 0.3) is 0 Å². The SMILES string of the molecule is CCNC(=O)ON=C1SCOC1CCS(C)(=O)=O. The summed E-state index contributed by atoms with van der Waals surface area (Å²) in [5.41, 5.74) is 0. The van der Waals surface area contributed by atoms with E-state index in [1.807, 2.05) is 0 Å². The van der Waals surface area contributed by atoms with E-state index < -0.39 is 22.0 Å². The lowest BCUT2D eigenvalue weighted by atomic mass is 10.3. The van der Waals surface area contributed by atoms with Crippen LogP contribution in [0.3, 0.4) is 0 Å². The molecule has 0 saturated carbocycles. The van der Waals surface area contributed by atoms with Crippen LogP contribution in [0.25, 0.3) is 0 Å². The second kappa shape index (κ2) is 6.95. The Hall–Kier alpha value is -0.800. The van der Waals surface area contributed by atoms with Gasteiger partial charge in [0.15, 0.2) is 0 Å². The van der Waals surface area contributed by atoms with Crippen molar-refractivity contribution in [3.05, 3.63) is 0 Å². The quantitative estimate of drug-likeness (QED) is 0.589. The summed E-state index contributed by atoms with van der Waals surface area (Å²) < 4.78 is 27.4. The first-order valence-electron chi connectivity index (χ1n) is 5.37. The summed E-state index contributed by atoms with van der Waals surface area (Å²) in [4.78, 5) is 15.7. The minimum Gasteiger partial charge on any atom is -0.360 e. The largest absolute Gasteiger partial charge is 0.433 e. The molecular formula is C9H16N2O5S2. The number of hydrogen-bond donors (Lipinski definition) is 1. The summed E-state index contributed by atoms with van der Waals surface area (Å²) in [6.45, 7) is 2.21. The Morgan fingerprint density at radius 1 is 1.67 bits per heavy atom. The van der Waals surface area contributed by atoms with Crippen molar-refractivity contribution in [3.63, 3.8) is 0 Å². The molecule has 1 atom stereocenters. The highest BCUT2D eigenvalue weighted by Crippen LogP contribution is 2.23. The van der Waals surface area contributed by atoms with Crippen molar-refractivity contribution in [3.8, 4) is 0 Å². The van der Waals surface area contributed by atoms with Gasteiger partial charge in [-0.2, -0.15) is 0 Å². The number of oxime groups is 1. The van der Waals surface area contributed by atoms with Crippen LogP contribution in [-0.2, 0) is 19.4 Å². The fourth-order valence-electron chi connectivity index (χ4n) is 1.22. The van der Waals surface area contributed by atoms with Crippen molar-refractivity contribution in [2.24, 2.45) is 5.16 Å². The van der Waals surface area contributed by atoms with Crippen LogP contribution in [0.4, 0.5) is 4.79 Å². The van der Waals surface area contributed by atoms with E-state index in [-0.39, 0.29) is 5.75 Å². The Morgan fingerprint density at radius 3 is 3.00 bits per heavy atom. The van der Waals surface area contributed by atoms with Crippen LogP contribution >= 0.6 is 11.8 Å². The molecule has 1 fully saturated rings. The molecule has 1 heterocycles. The van der Waals surface area contributed by atoms with Crippen molar-refractivity contribution in [2.45, 2.75) is 19.4 Å². The van der Waals surface area contributed by atoms with Crippen LogP contribution in [0, 0.1) is 0 Å². The minimum absolute atomic E-state index is 0.0123. The number of carbonyl (C=O) groups is 1. The molecule has 1 rings (SSSR count). The molecule has 0 spiro atoms. The number of hydrogen-bond acceptors (Lipinski definition) is 7. The number of carbonyl (C=O) groups excluding carboxylic acids is 1. The molecule has 0 aromatic carbocycles. The molecule has 1 N–H and O–H groups in total. The van der Waals surface area contributed by atoms with Gasteiger partial charge in [-0.05, 0) is 13.3 Å². The summed E-state index contributed by atoms with van der Waals surface area (Å²) in [5, 5.41) is 6.59. The second-order valence-corrected chi connectivity index (χ2v) is 6.88. The van der Waals surface area contributed by atoms with Gasteiger partial charge >= 0.3 is 6.09 Å². The summed E-state index contributed by atoms with van der Waals surface area (Å²) in [5.74, 6) is 0.393. The number of rotatable bonds is 5. The number of ether oxygens (including phenoxy) is 1. The number of nitrogens with zero attached hydrogens (tertiary/aromatic N) is 1. The summed E-state index contributed by atoms with van der Waals surface area (Å²) in [6.07, 6.45) is 0.416. The van der Waals surface area contributed by atoms with E-state index in [0.29, 0.717) is 23.9 Å². The Morgan fingerprint density at radius 2 is 2.39 bits per heavy atom. The van der Waals surface area contributed by atoms with E-state index in [9.17, 15) is 13.2 Å². The van der Waals surface area contributed by atoms with Gasteiger partial charge in [0.1, 0.15) is 21.0 Å². The number of sulfone groups is 1. The fourth-order valence-corrected chi connectivity index (χ4v) is 2.67. The molecular weight excluding hydrogens is 280 g/mol. The summed E-state index contributed by atoms with van der Waals surface area (Å²) >= 11 is 1.29. The maximum absolute atomic E-state index is 11.0. The molecule has 1 aliphatic heterocycles. The topological polar surface area (TPSA) is 94.1 Å². The van der Waals surface area contributed by atoms with Crippen molar-refractivity contribution in [2.75, 3.05) is 24.5 Å². The molecule has 1 unspecified atom stereocenters. The van der Waals surface area contributed by atoms with Crippen molar-refractivity contribution in [1.29, 1.82) is 0 Å². The molecule has 104 valence electrons. The van der Waals surface area contributed by atoms with Crippen molar-refractivity contribution >= 4 is 32.7 Å². The average molecular weight is 296 g/mol. The monoisotopic (exact) mass is 296 g/mol. The highest BCUT2D eigenvalue weighted by Gasteiger charge is 2.26. The van der Waals surface area contributed by atoms with E-state index in [2.05, 4.69) is 15.3 Å². The lowest BCUT2D eigenvalue weighted by Crippen LogP contribution is -2.24. The van der Waals surface area contributed by atoms with Gasteiger partial charge in [-0.25, -0.2) is 13.2 Å². The zero-order valence-corrected chi connectivity index (χ0v) is 11.8. The lowest BCUT2D eigenvalue weighted by Gasteiger charge is -2.08. The van der Waals surface area contributed by atoms with E-state index in [1.165, 1.54) is 11.8 Å². The van der Waals surface area contributed by atoms with Crippen LogP contribution in [-0.4, -0.2) is 50.2 Å². The molecule has 1 amide bonds. The normalized spacial score (nSPS) is 22.1. The van der Waals surface area contributed by atoms with Gasteiger partial charge < -0.3 is 10.1 Å². The Balaban J connectivity index is 2.48. The first kappa shape index (κ1) is 15.3. The molecule has 0 radical (unpaired) electrons. The highest BCUT2D eigenvalue weighted by atomic mass is 32.2. The van der Waals surface area contributed by atoms with Crippen LogP contribution in [0.2, 0.25) is 0 Å². The van der Waals surface area contributed by atoms with E-state index >= 15 is 0 Å². The third-order valence-electron chi connectivity index (χ3n) is 2.04. The average Bonchev–Trinajstić information content (AvgIpc) is 2.70.